The third-order valence-corrected chi connectivity index (χ3v) is 4.36. The van der Waals surface area contributed by atoms with Crippen molar-refractivity contribution in [1.29, 1.82) is 0 Å². The van der Waals surface area contributed by atoms with E-state index in [2.05, 4.69) is 65.7 Å². The highest BCUT2D eigenvalue weighted by Crippen LogP contribution is 2.15. The largest absolute Gasteiger partial charge is 0.464 e. The number of nitrogens with one attached hydrogen (secondary N) is 2. The van der Waals surface area contributed by atoms with Crippen LogP contribution in [0.2, 0.25) is 0 Å². The Morgan fingerprint density at radius 3 is 2.42 bits per heavy atom. The second kappa shape index (κ2) is 11.2. The summed E-state index contributed by atoms with van der Waals surface area (Å²) in [7, 11) is 3.93. The van der Waals surface area contributed by atoms with Gasteiger partial charge in [-0.05, 0) is 45.5 Å². The number of nitrogens with zero attached hydrogens (tertiary/aromatic N) is 2. The number of halogens is 1. The lowest BCUT2D eigenvalue weighted by Gasteiger charge is -2.26. The standard InChI is InChI=1S/C20H30N4O.HI/c1-15(24(5)14-18-9-7-6-8-10-18)13-22-20(21-4)23-17(3)19-12-11-16(2)25-19;/h6-12,15,17H,13-14H2,1-5H3,(H2,21,22,23);1H. The highest BCUT2D eigenvalue weighted by atomic mass is 127. The Morgan fingerprint density at radius 2 is 1.85 bits per heavy atom. The van der Waals surface area contributed by atoms with E-state index < -0.39 is 0 Å². The third kappa shape index (κ3) is 6.99. The van der Waals surface area contributed by atoms with E-state index in [0.717, 1.165) is 30.6 Å². The number of hydrogen-bond acceptors (Lipinski definition) is 3. The van der Waals surface area contributed by atoms with E-state index in [4.69, 9.17) is 4.42 Å². The van der Waals surface area contributed by atoms with Crippen LogP contribution in [0, 0.1) is 6.92 Å². The predicted molar refractivity (Wildman–Crippen MR) is 119 cm³/mol. The van der Waals surface area contributed by atoms with Crippen molar-refractivity contribution in [1.82, 2.24) is 15.5 Å². The molecule has 0 amide bonds. The van der Waals surface area contributed by atoms with Crippen LogP contribution in [0.25, 0.3) is 0 Å². The molecule has 2 N–H and O–H groups in total. The molecule has 1 aromatic heterocycles. The molecule has 0 saturated carbocycles. The zero-order valence-electron chi connectivity index (χ0n) is 16.3. The molecule has 5 nitrogen and oxygen atoms in total. The van der Waals surface area contributed by atoms with Gasteiger partial charge in [-0.2, -0.15) is 0 Å². The van der Waals surface area contributed by atoms with Crippen molar-refractivity contribution in [3.63, 3.8) is 0 Å². The van der Waals surface area contributed by atoms with Crippen LogP contribution in [0.15, 0.2) is 51.9 Å². The van der Waals surface area contributed by atoms with Gasteiger partial charge in [-0.15, -0.1) is 24.0 Å². The normalized spacial score (nSPS) is 13.8. The van der Waals surface area contributed by atoms with Gasteiger partial charge in [0, 0.05) is 26.2 Å². The summed E-state index contributed by atoms with van der Waals surface area (Å²) in [6.45, 7) is 7.97. The van der Waals surface area contributed by atoms with Crippen LogP contribution < -0.4 is 10.6 Å². The molecule has 0 saturated heterocycles. The highest BCUT2D eigenvalue weighted by Gasteiger charge is 2.13. The van der Waals surface area contributed by atoms with Gasteiger partial charge in [0.25, 0.3) is 0 Å². The lowest BCUT2D eigenvalue weighted by Crippen LogP contribution is -2.45. The maximum Gasteiger partial charge on any atom is 0.191 e. The predicted octanol–water partition coefficient (Wildman–Crippen LogP) is 3.95. The lowest BCUT2D eigenvalue weighted by molar-refractivity contribution is 0.249. The summed E-state index contributed by atoms with van der Waals surface area (Å²) in [6.07, 6.45) is 0. The smallest absolute Gasteiger partial charge is 0.191 e. The van der Waals surface area contributed by atoms with Crippen LogP contribution >= 0.6 is 24.0 Å². The summed E-state index contributed by atoms with van der Waals surface area (Å²) in [5.74, 6) is 2.61. The van der Waals surface area contributed by atoms with Gasteiger partial charge in [0.15, 0.2) is 5.96 Å². The van der Waals surface area contributed by atoms with Gasteiger partial charge in [0.1, 0.15) is 11.5 Å². The minimum Gasteiger partial charge on any atom is -0.464 e. The molecule has 1 heterocycles. The van der Waals surface area contributed by atoms with E-state index in [0.29, 0.717) is 6.04 Å². The van der Waals surface area contributed by atoms with Crippen LogP contribution in [0.5, 0.6) is 0 Å². The number of hydrogen-bond donors (Lipinski definition) is 2. The fraction of sp³-hybridized carbons (Fsp3) is 0.450. The Bertz CT molecular complexity index is 671. The highest BCUT2D eigenvalue weighted by molar-refractivity contribution is 14.0. The fourth-order valence-electron chi connectivity index (χ4n) is 2.58. The van der Waals surface area contributed by atoms with Gasteiger partial charge in [-0.1, -0.05) is 30.3 Å². The molecule has 2 rings (SSSR count). The topological polar surface area (TPSA) is 52.8 Å². The molecule has 6 heteroatoms. The summed E-state index contributed by atoms with van der Waals surface area (Å²) < 4.78 is 5.67. The van der Waals surface area contributed by atoms with Crippen molar-refractivity contribution in [3.05, 3.63) is 59.5 Å². The molecule has 0 aliphatic carbocycles. The van der Waals surface area contributed by atoms with E-state index in [1.54, 1.807) is 7.05 Å². The third-order valence-electron chi connectivity index (χ3n) is 4.36. The van der Waals surface area contributed by atoms with E-state index in [-0.39, 0.29) is 30.0 Å². The summed E-state index contributed by atoms with van der Waals surface area (Å²) in [5.41, 5.74) is 1.32. The van der Waals surface area contributed by atoms with Crippen LogP contribution in [-0.2, 0) is 6.54 Å². The number of likely N-dealkylation sites (N-methyl/N-ethyl adjacent to an activating group) is 1. The van der Waals surface area contributed by atoms with E-state index in [1.807, 2.05) is 25.1 Å². The minimum atomic E-state index is 0. The first-order valence-electron chi connectivity index (χ1n) is 8.77. The van der Waals surface area contributed by atoms with Gasteiger partial charge in [0.05, 0.1) is 6.04 Å². The molecular formula is C20H31IN4O. The average molecular weight is 470 g/mol. The molecule has 1 aromatic carbocycles. The zero-order valence-corrected chi connectivity index (χ0v) is 18.7. The molecule has 144 valence electrons. The van der Waals surface area contributed by atoms with Gasteiger partial charge >= 0.3 is 0 Å². The van der Waals surface area contributed by atoms with Gasteiger partial charge in [-0.3, -0.25) is 9.89 Å². The first-order chi connectivity index (χ1) is 12.0. The summed E-state index contributed by atoms with van der Waals surface area (Å²) in [5, 5.41) is 6.77. The molecule has 26 heavy (non-hydrogen) atoms. The monoisotopic (exact) mass is 470 g/mol. The second-order valence-electron chi connectivity index (χ2n) is 6.52. The van der Waals surface area contributed by atoms with Gasteiger partial charge in [-0.25, -0.2) is 0 Å². The average Bonchev–Trinajstić information content (AvgIpc) is 3.05. The molecule has 0 spiro atoms. The molecule has 0 fully saturated rings. The Hall–Kier alpha value is -1.54. The maximum atomic E-state index is 5.67. The maximum absolute atomic E-state index is 5.67. The number of aliphatic imine (C=N–C) groups is 1. The van der Waals surface area contributed by atoms with Crippen LogP contribution in [0.4, 0.5) is 0 Å². The number of rotatable bonds is 7. The lowest BCUT2D eigenvalue weighted by atomic mass is 10.2. The van der Waals surface area contributed by atoms with Crippen molar-refractivity contribution in [2.75, 3.05) is 20.6 Å². The molecule has 0 aliphatic heterocycles. The van der Waals surface area contributed by atoms with Gasteiger partial charge in [0.2, 0.25) is 0 Å². The number of aryl methyl sites for hydroxylation is 1. The number of guanidine groups is 1. The van der Waals surface area contributed by atoms with Crippen LogP contribution in [-0.4, -0.2) is 37.5 Å². The van der Waals surface area contributed by atoms with Crippen molar-refractivity contribution in [2.45, 2.75) is 39.4 Å². The molecule has 0 radical (unpaired) electrons. The summed E-state index contributed by atoms with van der Waals surface area (Å²) in [6, 6.07) is 14.9. The molecule has 2 unspecified atom stereocenters. The van der Waals surface area contributed by atoms with E-state index in [1.165, 1.54) is 5.56 Å². The molecule has 0 bridgehead atoms. The first-order valence-corrected chi connectivity index (χ1v) is 8.77. The van der Waals surface area contributed by atoms with Crippen molar-refractivity contribution >= 4 is 29.9 Å². The Balaban J connectivity index is 0.00000338. The van der Waals surface area contributed by atoms with Crippen LogP contribution in [0.3, 0.4) is 0 Å². The van der Waals surface area contributed by atoms with Crippen molar-refractivity contribution < 1.29 is 4.42 Å². The van der Waals surface area contributed by atoms with E-state index in [9.17, 15) is 0 Å². The summed E-state index contributed by atoms with van der Waals surface area (Å²) in [4.78, 5) is 6.64. The molecular weight excluding hydrogens is 439 g/mol. The Labute approximate surface area is 174 Å². The number of benzene rings is 1. The quantitative estimate of drug-likeness (QED) is 0.366. The Morgan fingerprint density at radius 1 is 1.15 bits per heavy atom. The molecule has 2 aromatic rings. The number of furan rings is 1. The minimum absolute atomic E-state index is 0. The van der Waals surface area contributed by atoms with Gasteiger partial charge < -0.3 is 15.1 Å². The molecule has 0 aliphatic rings. The SMILES string of the molecule is CN=C(NCC(C)N(C)Cc1ccccc1)NC(C)c1ccc(C)o1.I. The van der Waals surface area contributed by atoms with E-state index >= 15 is 0 Å². The molecule has 2 atom stereocenters. The summed E-state index contributed by atoms with van der Waals surface area (Å²) >= 11 is 0. The first kappa shape index (κ1) is 22.5. The zero-order chi connectivity index (χ0) is 18.2. The fourth-order valence-corrected chi connectivity index (χ4v) is 2.58. The van der Waals surface area contributed by atoms with Crippen LogP contribution in [0.1, 0.15) is 37.0 Å². The van der Waals surface area contributed by atoms with Crippen molar-refractivity contribution in [3.8, 4) is 0 Å². The Kier molecular flexibility index (Phi) is 9.72. The van der Waals surface area contributed by atoms with Crippen molar-refractivity contribution in [2.24, 2.45) is 4.99 Å². The second-order valence-corrected chi connectivity index (χ2v) is 6.52.